The van der Waals surface area contributed by atoms with Crippen LogP contribution in [0.1, 0.15) is 10.8 Å². The van der Waals surface area contributed by atoms with Gasteiger partial charge in [-0.05, 0) is 29.0 Å². The second-order valence-electron chi connectivity index (χ2n) is 5.08. The highest BCUT2D eigenvalue weighted by Crippen LogP contribution is 2.23. The standard InChI is InChI=1S/C17H17N3O3S2/c1-22-9-8-20(16(21)7-6-13-4-2-10-24-13)12-15-18-19-17(23-15)14-5-3-11-25-14/h2-7,10-11H,8-9,12H2,1H3/b7-6+. The summed E-state index contributed by atoms with van der Waals surface area (Å²) in [5.41, 5.74) is 0. The van der Waals surface area contributed by atoms with E-state index in [1.165, 1.54) is 11.3 Å². The molecule has 0 bridgehead atoms. The van der Waals surface area contributed by atoms with Gasteiger partial charge in [-0.25, -0.2) is 0 Å². The fraction of sp³-hybridized carbons (Fsp3) is 0.235. The molecule has 3 aromatic rings. The van der Waals surface area contributed by atoms with Crippen molar-refractivity contribution in [2.75, 3.05) is 20.3 Å². The number of thiophene rings is 2. The average molecular weight is 375 g/mol. The van der Waals surface area contributed by atoms with Crippen LogP contribution in [0.3, 0.4) is 0 Å². The fourth-order valence-corrected chi connectivity index (χ4v) is 3.36. The average Bonchev–Trinajstić information content (AvgIpc) is 3.38. The number of carbonyl (C=O) groups excluding carboxylic acids is 1. The minimum absolute atomic E-state index is 0.124. The van der Waals surface area contributed by atoms with Crippen LogP contribution >= 0.6 is 22.7 Å². The number of rotatable bonds is 8. The van der Waals surface area contributed by atoms with Crippen molar-refractivity contribution in [2.45, 2.75) is 6.54 Å². The highest BCUT2D eigenvalue weighted by Gasteiger charge is 2.16. The normalized spacial score (nSPS) is 11.2. The number of amides is 1. The van der Waals surface area contributed by atoms with Gasteiger partial charge >= 0.3 is 0 Å². The van der Waals surface area contributed by atoms with Gasteiger partial charge in [0.05, 0.1) is 18.0 Å². The van der Waals surface area contributed by atoms with Crippen LogP contribution in [0.15, 0.2) is 45.5 Å². The van der Waals surface area contributed by atoms with E-state index < -0.39 is 0 Å². The SMILES string of the molecule is COCCN(Cc1nnc(-c2cccs2)o1)C(=O)/C=C/c1cccs1. The Morgan fingerprint density at radius 1 is 1.28 bits per heavy atom. The summed E-state index contributed by atoms with van der Waals surface area (Å²) in [4.78, 5) is 16.0. The molecular formula is C17H17N3O3S2. The summed E-state index contributed by atoms with van der Waals surface area (Å²) in [5, 5.41) is 12.0. The summed E-state index contributed by atoms with van der Waals surface area (Å²) in [6.07, 6.45) is 3.36. The number of nitrogens with zero attached hydrogens (tertiary/aromatic N) is 3. The molecule has 0 aliphatic heterocycles. The fourth-order valence-electron chi connectivity index (χ4n) is 2.09. The first kappa shape index (κ1) is 17.5. The molecule has 6 nitrogen and oxygen atoms in total. The molecule has 0 fully saturated rings. The van der Waals surface area contributed by atoms with Crippen molar-refractivity contribution in [3.63, 3.8) is 0 Å². The van der Waals surface area contributed by atoms with E-state index in [4.69, 9.17) is 9.15 Å². The van der Waals surface area contributed by atoms with Gasteiger partial charge in [0.15, 0.2) is 0 Å². The van der Waals surface area contributed by atoms with Crippen molar-refractivity contribution in [1.82, 2.24) is 15.1 Å². The molecule has 130 valence electrons. The summed E-state index contributed by atoms with van der Waals surface area (Å²) in [6.45, 7) is 1.13. The van der Waals surface area contributed by atoms with Crippen LogP contribution in [0.25, 0.3) is 16.8 Å². The molecule has 8 heteroatoms. The first-order chi connectivity index (χ1) is 12.3. The van der Waals surface area contributed by atoms with Gasteiger partial charge in [-0.2, -0.15) is 0 Å². The Morgan fingerprint density at radius 3 is 2.84 bits per heavy atom. The summed E-state index contributed by atoms with van der Waals surface area (Å²) in [5.74, 6) is 0.747. The smallest absolute Gasteiger partial charge is 0.257 e. The van der Waals surface area contributed by atoms with Crippen molar-refractivity contribution in [2.24, 2.45) is 0 Å². The van der Waals surface area contributed by atoms with Crippen LogP contribution in [0.2, 0.25) is 0 Å². The van der Waals surface area contributed by atoms with Gasteiger partial charge in [-0.15, -0.1) is 32.9 Å². The molecule has 25 heavy (non-hydrogen) atoms. The van der Waals surface area contributed by atoms with Crippen LogP contribution in [0, 0.1) is 0 Å². The third kappa shape index (κ3) is 4.85. The van der Waals surface area contributed by atoms with Crippen LogP contribution in [-0.4, -0.2) is 41.3 Å². The van der Waals surface area contributed by atoms with E-state index in [-0.39, 0.29) is 12.5 Å². The molecule has 0 radical (unpaired) electrons. The van der Waals surface area contributed by atoms with E-state index in [1.54, 1.807) is 35.5 Å². The summed E-state index contributed by atoms with van der Waals surface area (Å²) in [6, 6.07) is 7.74. The van der Waals surface area contributed by atoms with Crippen molar-refractivity contribution in [3.8, 4) is 10.8 Å². The zero-order valence-electron chi connectivity index (χ0n) is 13.6. The number of ether oxygens (including phenoxy) is 1. The Morgan fingerprint density at radius 2 is 2.12 bits per heavy atom. The predicted octanol–water partition coefficient (Wildman–Crippen LogP) is 3.55. The molecule has 1 amide bonds. The van der Waals surface area contributed by atoms with Crippen LogP contribution in [0.4, 0.5) is 0 Å². The molecule has 0 saturated carbocycles. The van der Waals surface area contributed by atoms with Crippen molar-refractivity contribution >= 4 is 34.7 Å². The van der Waals surface area contributed by atoms with Crippen molar-refractivity contribution in [3.05, 3.63) is 51.9 Å². The van der Waals surface area contributed by atoms with Gasteiger partial charge in [-0.3, -0.25) is 4.79 Å². The monoisotopic (exact) mass is 375 g/mol. The van der Waals surface area contributed by atoms with E-state index in [9.17, 15) is 4.79 Å². The summed E-state index contributed by atoms with van der Waals surface area (Å²) >= 11 is 3.11. The van der Waals surface area contributed by atoms with Gasteiger partial charge in [-0.1, -0.05) is 12.1 Å². The van der Waals surface area contributed by atoms with Gasteiger partial charge in [0.1, 0.15) is 0 Å². The first-order valence-electron chi connectivity index (χ1n) is 7.62. The van der Waals surface area contributed by atoms with Gasteiger partial charge in [0.25, 0.3) is 5.89 Å². The topological polar surface area (TPSA) is 68.5 Å². The zero-order chi connectivity index (χ0) is 17.5. The predicted molar refractivity (Wildman–Crippen MR) is 98.3 cm³/mol. The maximum atomic E-state index is 12.5. The van der Waals surface area contributed by atoms with E-state index in [1.807, 2.05) is 35.0 Å². The quantitative estimate of drug-likeness (QED) is 0.563. The van der Waals surface area contributed by atoms with Gasteiger partial charge < -0.3 is 14.1 Å². The first-order valence-corrected chi connectivity index (χ1v) is 9.38. The Hall–Kier alpha value is -2.29. The summed E-state index contributed by atoms with van der Waals surface area (Å²) in [7, 11) is 1.60. The van der Waals surface area contributed by atoms with E-state index >= 15 is 0 Å². The molecule has 3 heterocycles. The molecule has 3 rings (SSSR count). The highest BCUT2D eigenvalue weighted by atomic mass is 32.1. The molecule has 0 aliphatic carbocycles. The van der Waals surface area contributed by atoms with E-state index in [0.29, 0.717) is 24.9 Å². The Kier molecular flexibility index (Phi) is 6.10. The third-order valence-corrected chi connectivity index (χ3v) is 5.03. The molecular weight excluding hydrogens is 358 g/mol. The minimum Gasteiger partial charge on any atom is -0.418 e. The molecule has 3 aromatic heterocycles. The third-order valence-electron chi connectivity index (χ3n) is 3.34. The molecule has 0 aliphatic rings. The maximum absolute atomic E-state index is 12.5. The van der Waals surface area contributed by atoms with Crippen LogP contribution < -0.4 is 0 Å². The number of hydrogen-bond donors (Lipinski definition) is 0. The maximum Gasteiger partial charge on any atom is 0.257 e. The lowest BCUT2D eigenvalue weighted by molar-refractivity contribution is -0.127. The molecule has 0 N–H and O–H groups in total. The van der Waals surface area contributed by atoms with Crippen LogP contribution in [-0.2, 0) is 16.1 Å². The number of carbonyl (C=O) groups is 1. The van der Waals surface area contributed by atoms with Crippen molar-refractivity contribution < 1.29 is 13.9 Å². The largest absolute Gasteiger partial charge is 0.418 e. The van der Waals surface area contributed by atoms with Crippen molar-refractivity contribution in [1.29, 1.82) is 0 Å². The number of hydrogen-bond acceptors (Lipinski definition) is 7. The Labute approximate surface area is 153 Å². The lowest BCUT2D eigenvalue weighted by Crippen LogP contribution is -2.32. The minimum atomic E-state index is -0.124. The van der Waals surface area contributed by atoms with E-state index in [2.05, 4.69) is 10.2 Å². The lowest BCUT2D eigenvalue weighted by atomic mass is 10.3. The Balaban J connectivity index is 1.68. The summed E-state index contributed by atoms with van der Waals surface area (Å²) < 4.78 is 10.8. The second-order valence-corrected chi connectivity index (χ2v) is 7.01. The van der Waals surface area contributed by atoms with Gasteiger partial charge in [0, 0.05) is 24.6 Å². The molecule has 0 atom stereocenters. The highest BCUT2D eigenvalue weighted by molar-refractivity contribution is 7.13. The molecule has 0 unspecified atom stereocenters. The Bertz CT molecular complexity index is 810. The molecule has 0 aromatic carbocycles. The van der Waals surface area contributed by atoms with Gasteiger partial charge in [0.2, 0.25) is 11.8 Å². The molecule has 0 spiro atoms. The number of methoxy groups -OCH3 is 1. The molecule has 0 saturated heterocycles. The van der Waals surface area contributed by atoms with Crippen LogP contribution in [0.5, 0.6) is 0 Å². The zero-order valence-corrected chi connectivity index (χ0v) is 15.3. The second kappa shape index (κ2) is 8.70. The van der Waals surface area contributed by atoms with E-state index in [0.717, 1.165) is 9.75 Å². The lowest BCUT2D eigenvalue weighted by Gasteiger charge is -2.18. The number of aromatic nitrogens is 2.